The number of nitrogens with zero attached hydrogens (tertiary/aromatic N) is 3. The molecule has 4 N–H and O–H groups in total. The predicted octanol–water partition coefficient (Wildman–Crippen LogP) is 1.07. The molecule has 0 amide bonds. The first-order valence-corrected chi connectivity index (χ1v) is 5.45. The van der Waals surface area contributed by atoms with Crippen molar-refractivity contribution in [1.82, 2.24) is 15.0 Å². The number of aromatic nitrogens is 3. The Labute approximate surface area is 92.9 Å². The lowest BCUT2D eigenvalue weighted by atomic mass is 9.96. The summed E-state index contributed by atoms with van der Waals surface area (Å²) in [6.45, 7) is 0. The van der Waals surface area contributed by atoms with E-state index in [0.29, 0.717) is 11.3 Å². The van der Waals surface area contributed by atoms with E-state index in [1.165, 1.54) is 18.4 Å². The Morgan fingerprint density at radius 2 is 1.81 bits per heavy atom. The maximum Gasteiger partial charge on any atom is 0.222 e. The number of hydrogen-bond acceptors (Lipinski definition) is 5. The minimum absolute atomic E-state index is 0.211. The van der Waals surface area contributed by atoms with Gasteiger partial charge in [0.15, 0.2) is 5.82 Å². The van der Waals surface area contributed by atoms with Gasteiger partial charge >= 0.3 is 0 Å². The lowest BCUT2D eigenvalue weighted by Crippen LogP contribution is -2.08. The largest absolute Gasteiger partial charge is 0.382 e. The zero-order valence-corrected chi connectivity index (χ0v) is 8.90. The van der Waals surface area contributed by atoms with Crippen LogP contribution in [-0.2, 0) is 12.8 Å². The highest BCUT2D eigenvalue weighted by Crippen LogP contribution is 2.25. The van der Waals surface area contributed by atoms with Crippen LogP contribution in [0.2, 0.25) is 0 Å². The highest BCUT2D eigenvalue weighted by Gasteiger charge is 2.14. The van der Waals surface area contributed by atoms with E-state index in [0.717, 1.165) is 24.1 Å². The molecule has 16 heavy (non-hydrogen) atoms. The van der Waals surface area contributed by atoms with Crippen LogP contribution in [-0.4, -0.2) is 15.0 Å². The Morgan fingerprint density at radius 3 is 2.69 bits per heavy atom. The van der Waals surface area contributed by atoms with Crippen LogP contribution >= 0.6 is 0 Å². The Morgan fingerprint density at radius 1 is 1.00 bits per heavy atom. The number of anilines is 2. The van der Waals surface area contributed by atoms with Crippen LogP contribution in [0.3, 0.4) is 0 Å². The molecule has 0 aromatic carbocycles. The van der Waals surface area contributed by atoms with Crippen molar-refractivity contribution in [2.75, 3.05) is 11.5 Å². The van der Waals surface area contributed by atoms with Crippen molar-refractivity contribution in [3.63, 3.8) is 0 Å². The summed E-state index contributed by atoms with van der Waals surface area (Å²) in [7, 11) is 0. The van der Waals surface area contributed by atoms with Gasteiger partial charge in [-0.05, 0) is 37.3 Å². The van der Waals surface area contributed by atoms with Gasteiger partial charge in [0.2, 0.25) is 5.95 Å². The van der Waals surface area contributed by atoms with Crippen molar-refractivity contribution in [2.24, 2.45) is 0 Å². The molecular weight excluding hydrogens is 202 g/mol. The van der Waals surface area contributed by atoms with Crippen LogP contribution in [0, 0.1) is 0 Å². The van der Waals surface area contributed by atoms with Crippen LogP contribution < -0.4 is 11.5 Å². The molecule has 0 radical (unpaired) electrons. The van der Waals surface area contributed by atoms with Crippen molar-refractivity contribution in [3.8, 4) is 0 Å². The van der Waals surface area contributed by atoms with Crippen LogP contribution in [0.5, 0.6) is 0 Å². The summed E-state index contributed by atoms with van der Waals surface area (Å²) >= 11 is 0. The van der Waals surface area contributed by atoms with Gasteiger partial charge in [-0.25, -0.2) is 9.97 Å². The summed E-state index contributed by atoms with van der Waals surface area (Å²) in [4.78, 5) is 12.7. The molecule has 2 aromatic heterocycles. The number of rotatable bonds is 0. The smallest absolute Gasteiger partial charge is 0.222 e. The van der Waals surface area contributed by atoms with Crippen molar-refractivity contribution >= 4 is 22.8 Å². The Balaban J connectivity index is 2.31. The van der Waals surface area contributed by atoms with Crippen LogP contribution in [0.15, 0.2) is 6.07 Å². The fourth-order valence-electron chi connectivity index (χ4n) is 2.22. The van der Waals surface area contributed by atoms with Crippen LogP contribution in [0.1, 0.15) is 24.1 Å². The van der Waals surface area contributed by atoms with Gasteiger partial charge in [-0.15, -0.1) is 0 Å². The van der Waals surface area contributed by atoms with Gasteiger partial charge in [0.05, 0.1) is 5.52 Å². The third-order valence-corrected chi connectivity index (χ3v) is 2.99. The minimum atomic E-state index is 0.211. The average Bonchev–Trinajstić information content (AvgIpc) is 2.27. The van der Waals surface area contributed by atoms with Crippen LogP contribution in [0.25, 0.3) is 11.0 Å². The van der Waals surface area contributed by atoms with E-state index >= 15 is 0 Å². The zero-order chi connectivity index (χ0) is 11.1. The SMILES string of the molecule is Nc1nc(N)c2nc3c(cc2n1)CCCC3. The number of aryl methyl sites for hydroxylation is 2. The molecule has 0 atom stereocenters. The Bertz CT molecular complexity index is 564. The van der Waals surface area contributed by atoms with E-state index in [1.807, 2.05) is 6.07 Å². The molecule has 82 valence electrons. The topological polar surface area (TPSA) is 90.7 Å². The first kappa shape index (κ1) is 9.33. The van der Waals surface area contributed by atoms with E-state index in [1.54, 1.807) is 0 Å². The molecule has 1 aliphatic rings. The van der Waals surface area contributed by atoms with Crippen LogP contribution in [0.4, 0.5) is 11.8 Å². The first-order chi connectivity index (χ1) is 7.74. The molecule has 0 aliphatic heterocycles. The van der Waals surface area contributed by atoms with Gasteiger partial charge in [0, 0.05) is 5.69 Å². The number of nitrogen functional groups attached to an aromatic ring is 2. The minimum Gasteiger partial charge on any atom is -0.382 e. The molecule has 0 saturated heterocycles. The number of pyridine rings is 1. The second kappa shape index (κ2) is 3.30. The summed E-state index contributed by atoms with van der Waals surface area (Å²) in [6, 6.07) is 2.05. The normalized spacial score (nSPS) is 15.0. The van der Waals surface area contributed by atoms with Gasteiger partial charge in [-0.3, -0.25) is 0 Å². The van der Waals surface area contributed by atoms with E-state index in [-0.39, 0.29) is 5.95 Å². The van der Waals surface area contributed by atoms with Crippen molar-refractivity contribution in [1.29, 1.82) is 0 Å². The Hall–Kier alpha value is -1.91. The molecule has 0 saturated carbocycles. The van der Waals surface area contributed by atoms with Gasteiger partial charge in [0.1, 0.15) is 5.52 Å². The molecule has 2 heterocycles. The van der Waals surface area contributed by atoms with Crippen molar-refractivity contribution < 1.29 is 0 Å². The van der Waals surface area contributed by atoms with Crippen molar-refractivity contribution in [3.05, 3.63) is 17.3 Å². The fourth-order valence-corrected chi connectivity index (χ4v) is 2.22. The van der Waals surface area contributed by atoms with E-state index in [9.17, 15) is 0 Å². The molecule has 0 spiro atoms. The van der Waals surface area contributed by atoms with E-state index < -0.39 is 0 Å². The number of fused-ring (bicyclic) bond motifs is 2. The number of nitrogens with two attached hydrogens (primary N) is 2. The fraction of sp³-hybridized carbons (Fsp3) is 0.364. The zero-order valence-electron chi connectivity index (χ0n) is 8.90. The molecule has 0 unspecified atom stereocenters. The summed E-state index contributed by atoms with van der Waals surface area (Å²) in [5.41, 5.74) is 15.2. The summed E-state index contributed by atoms with van der Waals surface area (Å²) < 4.78 is 0. The summed E-state index contributed by atoms with van der Waals surface area (Å²) in [5.74, 6) is 0.582. The average molecular weight is 215 g/mol. The molecule has 0 bridgehead atoms. The molecule has 5 nitrogen and oxygen atoms in total. The third kappa shape index (κ3) is 1.36. The highest BCUT2D eigenvalue weighted by molar-refractivity contribution is 5.85. The molecule has 2 aromatic rings. The lowest BCUT2D eigenvalue weighted by molar-refractivity contribution is 0.671. The number of hydrogen-bond donors (Lipinski definition) is 2. The van der Waals surface area contributed by atoms with E-state index in [2.05, 4.69) is 15.0 Å². The van der Waals surface area contributed by atoms with Gasteiger partial charge in [-0.2, -0.15) is 4.98 Å². The second-order valence-electron chi connectivity index (χ2n) is 4.14. The summed E-state index contributed by atoms with van der Waals surface area (Å²) in [6.07, 6.45) is 4.51. The molecule has 5 heteroatoms. The third-order valence-electron chi connectivity index (χ3n) is 2.99. The molecule has 0 fully saturated rings. The van der Waals surface area contributed by atoms with Gasteiger partial charge in [0.25, 0.3) is 0 Å². The first-order valence-electron chi connectivity index (χ1n) is 5.45. The van der Waals surface area contributed by atoms with E-state index in [4.69, 9.17) is 11.5 Å². The van der Waals surface area contributed by atoms with Crippen molar-refractivity contribution in [2.45, 2.75) is 25.7 Å². The standard InChI is InChI=1S/C11H13N5/c12-10-9-8(15-11(13)16-10)5-6-3-1-2-4-7(6)14-9/h5H,1-4H2,(H4,12,13,15,16). The maximum absolute atomic E-state index is 5.80. The highest BCUT2D eigenvalue weighted by atomic mass is 15.0. The molecule has 1 aliphatic carbocycles. The predicted molar refractivity (Wildman–Crippen MR) is 62.8 cm³/mol. The van der Waals surface area contributed by atoms with Gasteiger partial charge < -0.3 is 11.5 Å². The molecular formula is C11H13N5. The maximum atomic E-state index is 5.80. The summed E-state index contributed by atoms with van der Waals surface area (Å²) in [5, 5.41) is 0. The Kier molecular flexibility index (Phi) is 1.92. The molecule has 3 rings (SSSR count). The monoisotopic (exact) mass is 215 g/mol. The lowest BCUT2D eigenvalue weighted by Gasteiger charge is -2.15. The van der Waals surface area contributed by atoms with Gasteiger partial charge in [-0.1, -0.05) is 0 Å². The second-order valence-corrected chi connectivity index (χ2v) is 4.14. The quantitative estimate of drug-likeness (QED) is 0.686.